The molecule has 0 bridgehead atoms. The van der Waals surface area contributed by atoms with Gasteiger partial charge in [0, 0.05) is 4.88 Å². The first-order valence-electron chi connectivity index (χ1n) is 7.77. The molecule has 0 unspecified atom stereocenters. The van der Waals surface area contributed by atoms with Gasteiger partial charge in [-0.3, -0.25) is 4.72 Å². The number of methoxy groups -OCH3 is 2. The molecule has 134 valence electrons. The number of rotatable bonds is 5. The summed E-state index contributed by atoms with van der Waals surface area (Å²) in [6.07, 6.45) is 2.59. The number of fused-ring (bicyclic) bond motifs is 1. The Kier molecular flexibility index (Phi) is 4.75. The first kappa shape index (κ1) is 17.8. The molecule has 0 saturated carbocycles. The van der Waals surface area contributed by atoms with Crippen LogP contribution in [0.4, 0.5) is 5.00 Å². The van der Waals surface area contributed by atoms with Crippen LogP contribution in [-0.4, -0.2) is 28.6 Å². The Labute approximate surface area is 150 Å². The minimum atomic E-state index is -3.82. The van der Waals surface area contributed by atoms with E-state index in [0.717, 1.165) is 29.7 Å². The smallest absolute Gasteiger partial charge is 0.341 e. The standard InChI is InChI=1S/C17H19NO5S2/c1-10-9-11(7-8-13(10)22-2)25(20,21)18-16-15(17(19)23-3)12-5-4-6-14(12)24-16/h7-9,18H,4-6H2,1-3H3. The Balaban J connectivity index is 1.99. The van der Waals surface area contributed by atoms with Gasteiger partial charge in [-0.2, -0.15) is 0 Å². The third kappa shape index (κ3) is 3.23. The zero-order valence-electron chi connectivity index (χ0n) is 14.2. The quantitative estimate of drug-likeness (QED) is 0.805. The number of hydrogen-bond acceptors (Lipinski definition) is 6. The molecule has 8 heteroatoms. The number of anilines is 1. The third-order valence-corrected chi connectivity index (χ3v) is 6.90. The zero-order chi connectivity index (χ0) is 18.2. The van der Waals surface area contributed by atoms with E-state index < -0.39 is 16.0 Å². The van der Waals surface area contributed by atoms with Crippen LogP contribution >= 0.6 is 11.3 Å². The van der Waals surface area contributed by atoms with Crippen LogP contribution in [0.3, 0.4) is 0 Å². The van der Waals surface area contributed by atoms with Crippen LogP contribution in [0.15, 0.2) is 23.1 Å². The number of thiophene rings is 1. The molecule has 0 radical (unpaired) electrons. The van der Waals surface area contributed by atoms with Crippen molar-refractivity contribution < 1.29 is 22.7 Å². The van der Waals surface area contributed by atoms with Crippen molar-refractivity contribution in [2.24, 2.45) is 0 Å². The van der Waals surface area contributed by atoms with Crippen LogP contribution < -0.4 is 9.46 Å². The minimum Gasteiger partial charge on any atom is -0.496 e. The number of esters is 1. The lowest BCUT2D eigenvalue weighted by Crippen LogP contribution is -2.15. The summed E-state index contributed by atoms with van der Waals surface area (Å²) in [5, 5.41) is 0.324. The van der Waals surface area contributed by atoms with Gasteiger partial charge >= 0.3 is 5.97 Å². The fraction of sp³-hybridized carbons (Fsp3) is 0.353. The van der Waals surface area contributed by atoms with Gasteiger partial charge in [0.05, 0.1) is 24.7 Å². The number of nitrogens with one attached hydrogen (secondary N) is 1. The van der Waals surface area contributed by atoms with Gasteiger partial charge in [-0.25, -0.2) is 13.2 Å². The minimum absolute atomic E-state index is 0.121. The predicted octanol–water partition coefficient (Wildman–Crippen LogP) is 3.14. The van der Waals surface area contributed by atoms with Gasteiger partial charge in [0.2, 0.25) is 0 Å². The van der Waals surface area contributed by atoms with Crippen LogP contribution in [-0.2, 0) is 27.6 Å². The number of aryl methyl sites for hydroxylation is 2. The fourth-order valence-corrected chi connectivity index (χ4v) is 5.66. The Hall–Kier alpha value is -2.06. The van der Waals surface area contributed by atoms with Crippen LogP contribution in [0.5, 0.6) is 5.75 Å². The van der Waals surface area contributed by atoms with Gasteiger partial charge in [-0.15, -0.1) is 11.3 Å². The van der Waals surface area contributed by atoms with Crippen molar-refractivity contribution in [2.45, 2.75) is 31.1 Å². The van der Waals surface area contributed by atoms with Crippen molar-refractivity contribution in [3.63, 3.8) is 0 Å². The highest BCUT2D eigenvalue weighted by molar-refractivity contribution is 7.93. The van der Waals surface area contributed by atoms with E-state index in [9.17, 15) is 13.2 Å². The van der Waals surface area contributed by atoms with E-state index >= 15 is 0 Å². The van der Waals surface area contributed by atoms with Crippen molar-refractivity contribution in [1.82, 2.24) is 0 Å². The molecule has 2 aromatic rings. The van der Waals surface area contributed by atoms with E-state index in [4.69, 9.17) is 9.47 Å². The zero-order valence-corrected chi connectivity index (χ0v) is 15.8. The highest BCUT2D eigenvalue weighted by Crippen LogP contribution is 2.40. The molecule has 1 aromatic heterocycles. The second-order valence-electron chi connectivity index (χ2n) is 5.79. The lowest BCUT2D eigenvalue weighted by molar-refractivity contribution is 0.0601. The van der Waals surface area contributed by atoms with Gasteiger partial charge in [0.25, 0.3) is 10.0 Å². The second kappa shape index (κ2) is 6.68. The number of carbonyl (C=O) groups excluding carboxylic acids is 1. The molecule has 0 spiro atoms. The summed E-state index contributed by atoms with van der Waals surface area (Å²) < 4.78 is 38.1. The molecule has 0 atom stereocenters. The normalized spacial score (nSPS) is 13.4. The Morgan fingerprint density at radius 2 is 2.00 bits per heavy atom. The summed E-state index contributed by atoms with van der Waals surface area (Å²) in [5.74, 6) is 0.104. The van der Waals surface area contributed by atoms with Gasteiger partial charge in [0.15, 0.2) is 0 Å². The first-order valence-corrected chi connectivity index (χ1v) is 10.1. The molecule has 0 saturated heterocycles. The molecule has 1 heterocycles. The molecular formula is C17H19NO5S2. The van der Waals surface area contributed by atoms with Crippen molar-refractivity contribution in [3.05, 3.63) is 39.8 Å². The largest absolute Gasteiger partial charge is 0.496 e. The molecule has 0 amide bonds. The maximum atomic E-state index is 12.7. The molecule has 3 rings (SSSR count). The van der Waals surface area contributed by atoms with E-state index in [2.05, 4.69) is 4.72 Å². The summed E-state index contributed by atoms with van der Waals surface area (Å²) >= 11 is 1.31. The van der Waals surface area contributed by atoms with Crippen molar-refractivity contribution >= 4 is 32.3 Å². The van der Waals surface area contributed by atoms with Crippen LogP contribution in [0.2, 0.25) is 0 Å². The number of carbonyl (C=O) groups is 1. The highest BCUT2D eigenvalue weighted by Gasteiger charge is 2.29. The third-order valence-electron chi connectivity index (χ3n) is 4.21. The lowest BCUT2D eigenvalue weighted by Gasteiger charge is -2.11. The van der Waals surface area contributed by atoms with Crippen LogP contribution in [0.1, 0.15) is 32.8 Å². The summed E-state index contributed by atoms with van der Waals surface area (Å²) in [4.78, 5) is 13.3. The number of ether oxygens (including phenoxy) is 2. The molecule has 25 heavy (non-hydrogen) atoms. The van der Waals surface area contributed by atoms with E-state index in [1.54, 1.807) is 19.1 Å². The summed E-state index contributed by atoms with van der Waals surface area (Å²) in [6.45, 7) is 1.78. The molecule has 1 aliphatic rings. The van der Waals surface area contributed by atoms with Crippen LogP contribution in [0, 0.1) is 6.92 Å². The molecule has 6 nitrogen and oxygen atoms in total. The molecule has 1 aliphatic carbocycles. The molecule has 0 aliphatic heterocycles. The highest BCUT2D eigenvalue weighted by atomic mass is 32.2. The Bertz CT molecular complexity index is 931. The molecular weight excluding hydrogens is 362 g/mol. The Morgan fingerprint density at radius 3 is 2.64 bits per heavy atom. The predicted molar refractivity (Wildman–Crippen MR) is 96.2 cm³/mol. The average molecular weight is 381 g/mol. The molecule has 1 N–H and O–H groups in total. The summed E-state index contributed by atoms with van der Waals surface area (Å²) in [6, 6.07) is 4.63. The number of benzene rings is 1. The molecule has 1 aromatic carbocycles. The van der Waals surface area contributed by atoms with E-state index in [0.29, 0.717) is 21.9 Å². The lowest BCUT2D eigenvalue weighted by atomic mass is 10.1. The fourth-order valence-electron chi connectivity index (χ4n) is 2.99. The number of sulfonamides is 1. The maximum Gasteiger partial charge on any atom is 0.341 e. The van der Waals surface area contributed by atoms with Crippen LogP contribution in [0.25, 0.3) is 0 Å². The van der Waals surface area contributed by atoms with Crippen molar-refractivity contribution in [1.29, 1.82) is 0 Å². The SMILES string of the molecule is COC(=O)c1c(NS(=O)(=O)c2ccc(OC)c(C)c2)sc2c1CCC2. The van der Waals surface area contributed by atoms with Gasteiger partial charge in [-0.05, 0) is 55.5 Å². The second-order valence-corrected chi connectivity index (χ2v) is 8.58. The average Bonchev–Trinajstić information content (AvgIpc) is 3.14. The van der Waals surface area contributed by atoms with E-state index in [1.807, 2.05) is 0 Å². The van der Waals surface area contributed by atoms with Crippen molar-refractivity contribution in [2.75, 3.05) is 18.9 Å². The monoisotopic (exact) mass is 381 g/mol. The van der Waals surface area contributed by atoms with Gasteiger partial charge in [0.1, 0.15) is 10.8 Å². The van der Waals surface area contributed by atoms with Crippen molar-refractivity contribution in [3.8, 4) is 5.75 Å². The summed E-state index contributed by atoms with van der Waals surface area (Å²) in [5.41, 5.74) is 1.96. The number of hydrogen-bond donors (Lipinski definition) is 1. The summed E-state index contributed by atoms with van der Waals surface area (Å²) in [7, 11) is -0.985. The first-order chi connectivity index (χ1) is 11.9. The van der Waals surface area contributed by atoms with E-state index in [1.165, 1.54) is 31.6 Å². The molecule has 0 fully saturated rings. The van der Waals surface area contributed by atoms with E-state index in [-0.39, 0.29) is 4.90 Å². The topological polar surface area (TPSA) is 81.7 Å². The Morgan fingerprint density at radius 1 is 1.24 bits per heavy atom. The maximum absolute atomic E-state index is 12.7. The van der Waals surface area contributed by atoms with Gasteiger partial charge in [-0.1, -0.05) is 0 Å². The van der Waals surface area contributed by atoms with Gasteiger partial charge < -0.3 is 9.47 Å².